The van der Waals surface area contributed by atoms with E-state index in [0.717, 1.165) is 12.8 Å². The number of carbonyl (C=O) groups excluding carboxylic acids is 2. The van der Waals surface area contributed by atoms with Crippen molar-refractivity contribution in [2.75, 3.05) is 0 Å². The van der Waals surface area contributed by atoms with E-state index in [2.05, 4.69) is 6.92 Å². The second-order valence-electron chi connectivity index (χ2n) is 1.81. The van der Waals surface area contributed by atoms with Gasteiger partial charge in [-0.3, -0.25) is 12.6 Å². The van der Waals surface area contributed by atoms with Crippen LogP contribution in [0.5, 0.6) is 0 Å². The maximum Gasteiger partial charge on any atom is 0 e. The van der Waals surface area contributed by atoms with E-state index in [-0.39, 0.29) is 20.1 Å². The van der Waals surface area contributed by atoms with E-state index in [0.29, 0.717) is 6.42 Å². The molecule has 0 rings (SSSR count). The van der Waals surface area contributed by atoms with E-state index in [1.807, 2.05) is 6.29 Å². The smallest absolute Gasteiger partial charge is 0 e. The standard InChI is InChI=1S/C6H11O.C2H3O.Ir/c1-2-3-4-5-6-7;1-2-3;/h2-5H2,1H3;1H3;/q2*-1;. The third-order valence-corrected chi connectivity index (χ3v) is 0.882. The fourth-order valence-corrected chi connectivity index (χ4v) is 0.447. The summed E-state index contributed by atoms with van der Waals surface area (Å²) in [6.45, 7) is 3.44. The van der Waals surface area contributed by atoms with Crippen molar-refractivity contribution in [3.05, 3.63) is 0 Å². The van der Waals surface area contributed by atoms with Crippen molar-refractivity contribution in [2.45, 2.75) is 39.5 Å². The summed E-state index contributed by atoms with van der Waals surface area (Å²) in [6.07, 6.45) is 7.33. The average Bonchev–Trinajstić information content (AvgIpc) is 1.91. The first-order valence-electron chi connectivity index (χ1n) is 3.47. The maximum atomic E-state index is 9.55. The van der Waals surface area contributed by atoms with Gasteiger partial charge in [-0.1, -0.05) is 26.2 Å². The number of hydrogen-bond donors (Lipinski definition) is 0. The van der Waals surface area contributed by atoms with E-state index in [1.54, 1.807) is 0 Å². The van der Waals surface area contributed by atoms with E-state index in [4.69, 9.17) is 4.79 Å². The summed E-state index contributed by atoms with van der Waals surface area (Å²) in [5.41, 5.74) is 0. The van der Waals surface area contributed by atoms with Gasteiger partial charge in [-0.15, -0.1) is 0 Å². The molecule has 11 heavy (non-hydrogen) atoms. The molecule has 69 valence electrons. The molecule has 0 atom stereocenters. The van der Waals surface area contributed by atoms with Gasteiger partial charge in [-0.05, 0) is 0 Å². The Morgan fingerprint density at radius 1 is 1.18 bits per heavy atom. The van der Waals surface area contributed by atoms with Gasteiger partial charge < -0.3 is 9.59 Å². The Morgan fingerprint density at radius 3 is 1.91 bits per heavy atom. The van der Waals surface area contributed by atoms with Crippen LogP contribution in [0, 0.1) is 0 Å². The molecule has 0 spiro atoms. The molecule has 0 unspecified atom stereocenters. The summed E-state index contributed by atoms with van der Waals surface area (Å²) >= 11 is 0. The molecule has 0 heterocycles. The monoisotopic (exact) mass is 335 g/mol. The topological polar surface area (TPSA) is 34.1 Å². The third kappa shape index (κ3) is 40.1. The minimum absolute atomic E-state index is 0. The molecule has 2 nitrogen and oxygen atoms in total. The van der Waals surface area contributed by atoms with Gasteiger partial charge in [-0.25, -0.2) is 0 Å². The van der Waals surface area contributed by atoms with Crippen molar-refractivity contribution in [1.29, 1.82) is 0 Å². The molecule has 0 aliphatic heterocycles. The zero-order chi connectivity index (χ0) is 8.24. The van der Waals surface area contributed by atoms with Gasteiger partial charge in [0.25, 0.3) is 0 Å². The molecule has 3 heteroatoms. The van der Waals surface area contributed by atoms with Crippen LogP contribution in [-0.4, -0.2) is 12.6 Å². The predicted octanol–water partition coefficient (Wildman–Crippen LogP) is 1.79. The predicted molar refractivity (Wildman–Crippen MR) is 41.2 cm³/mol. The Kier molecular flexibility index (Phi) is 35.1. The van der Waals surface area contributed by atoms with Gasteiger partial charge >= 0.3 is 0 Å². The van der Waals surface area contributed by atoms with Gasteiger partial charge in [0.15, 0.2) is 0 Å². The van der Waals surface area contributed by atoms with E-state index in [1.165, 1.54) is 19.6 Å². The van der Waals surface area contributed by atoms with Crippen molar-refractivity contribution in [2.24, 2.45) is 0 Å². The van der Waals surface area contributed by atoms with Crippen LogP contribution in [0.2, 0.25) is 0 Å². The van der Waals surface area contributed by atoms with Crippen molar-refractivity contribution < 1.29 is 29.7 Å². The molecule has 0 fully saturated rings. The zero-order valence-corrected chi connectivity index (χ0v) is 9.37. The van der Waals surface area contributed by atoms with Crippen LogP contribution in [0.1, 0.15) is 39.5 Å². The zero-order valence-electron chi connectivity index (χ0n) is 6.98. The summed E-state index contributed by atoms with van der Waals surface area (Å²) in [4.78, 5) is 18.2. The normalized spacial score (nSPS) is 6.73. The molecular weight excluding hydrogens is 320 g/mol. The van der Waals surface area contributed by atoms with Gasteiger partial charge in [0.1, 0.15) is 0 Å². The Bertz CT molecular complexity index is 74.5. The Hall–Kier alpha value is -0.0106. The van der Waals surface area contributed by atoms with Crippen LogP contribution in [0.3, 0.4) is 0 Å². The Balaban J connectivity index is -0.000000140. The minimum Gasteiger partial charge on any atom is -0.542 e. The Labute approximate surface area is 82.1 Å². The summed E-state index contributed by atoms with van der Waals surface area (Å²) in [6, 6.07) is 0. The molecule has 0 aromatic rings. The molecule has 0 aromatic carbocycles. The van der Waals surface area contributed by atoms with E-state index < -0.39 is 0 Å². The van der Waals surface area contributed by atoms with Gasteiger partial charge in [0.2, 0.25) is 0 Å². The van der Waals surface area contributed by atoms with Crippen LogP contribution in [0.25, 0.3) is 0 Å². The van der Waals surface area contributed by atoms with Gasteiger partial charge in [0, 0.05) is 20.1 Å². The first-order chi connectivity index (χ1) is 4.83. The van der Waals surface area contributed by atoms with Crippen LogP contribution in [0.15, 0.2) is 0 Å². The largest absolute Gasteiger partial charge is 0.542 e. The molecule has 0 amide bonds. The fourth-order valence-electron chi connectivity index (χ4n) is 0.447. The molecule has 1 radical (unpaired) electrons. The molecule has 0 aliphatic rings. The first kappa shape index (κ1) is 17.2. The Morgan fingerprint density at radius 2 is 1.64 bits per heavy atom. The maximum absolute atomic E-state index is 9.55. The average molecular weight is 334 g/mol. The second-order valence-corrected chi connectivity index (χ2v) is 1.81. The van der Waals surface area contributed by atoms with Crippen LogP contribution < -0.4 is 0 Å². The quantitative estimate of drug-likeness (QED) is 0.580. The number of hydrogen-bond acceptors (Lipinski definition) is 2. The molecule has 0 N–H and O–H groups in total. The van der Waals surface area contributed by atoms with Crippen LogP contribution in [0.4, 0.5) is 0 Å². The second kappa shape index (κ2) is 22.5. The van der Waals surface area contributed by atoms with Crippen molar-refractivity contribution in [3.63, 3.8) is 0 Å². The summed E-state index contributed by atoms with van der Waals surface area (Å²) in [7, 11) is 0. The minimum atomic E-state index is 0. The molecule has 0 aliphatic carbocycles. The molecule has 0 aromatic heterocycles. The molecule has 0 saturated heterocycles. The summed E-state index contributed by atoms with van der Waals surface area (Å²) in [5.74, 6) is 0. The van der Waals surface area contributed by atoms with Crippen LogP contribution in [-0.2, 0) is 29.7 Å². The van der Waals surface area contributed by atoms with Crippen LogP contribution >= 0.6 is 0 Å². The molecular formula is C8H14IrO2-2. The number of unbranched alkanes of at least 4 members (excludes halogenated alkanes) is 3. The van der Waals surface area contributed by atoms with Crippen molar-refractivity contribution in [1.82, 2.24) is 0 Å². The van der Waals surface area contributed by atoms with E-state index in [9.17, 15) is 4.79 Å². The molecule has 0 bridgehead atoms. The van der Waals surface area contributed by atoms with E-state index >= 15 is 0 Å². The third-order valence-electron chi connectivity index (χ3n) is 0.882. The fraction of sp³-hybridized carbons (Fsp3) is 0.750. The van der Waals surface area contributed by atoms with Crippen molar-refractivity contribution in [3.8, 4) is 0 Å². The van der Waals surface area contributed by atoms with Crippen molar-refractivity contribution >= 4 is 12.6 Å². The SMILES string of the molecule is CCCCC[C-]=O.C[C-]=O.[Ir]. The molecule has 0 saturated carbocycles. The first-order valence-corrected chi connectivity index (χ1v) is 3.47. The van der Waals surface area contributed by atoms with Gasteiger partial charge in [0.05, 0.1) is 0 Å². The summed E-state index contributed by atoms with van der Waals surface area (Å²) < 4.78 is 0. The number of rotatable bonds is 4. The summed E-state index contributed by atoms with van der Waals surface area (Å²) in [5, 5.41) is 0. The van der Waals surface area contributed by atoms with Gasteiger partial charge in [-0.2, -0.15) is 13.3 Å².